The summed E-state index contributed by atoms with van der Waals surface area (Å²) in [6.45, 7) is 6.70. The summed E-state index contributed by atoms with van der Waals surface area (Å²) in [5, 5.41) is 0. The van der Waals surface area contributed by atoms with Crippen molar-refractivity contribution in [3.63, 3.8) is 0 Å². The first kappa shape index (κ1) is 24.4. The zero-order valence-electron chi connectivity index (χ0n) is 12.1. The van der Waals surface area contributed by atoms with E-state index in [0.717, 1.165) is 19.3 Å². The zero-order chi connectivity index (χ0) is 11.8. The molecule has 0 heterocycles. The van der Waals surface area contributed by atoms with Gasteiger partial charge in [0.15, 0.2) is 0 Å². The van der Waals surface area contributed by atoms with Gasteiger partial charge in [0.25, 0.3) is 0 Å². The Morgan fingerprint density at radius 1 is 1.05 bits per heavy atom. The summed E-state index contributed by atoms with van der Waals surface area (Å²) < 4.78 is 0. The second kappa shape index (κ2) is 14.8. The Balaban J connectivity index is -0.000000277. The van der Waals surface area contributed by atoms with Crippen LogP contribution in [-0.2, 0) is 26.2 Å². The molecule has 0 saturated carbocycles. The molecule has 2 aliphatic carbocycles. The number of allylic oxidation sites excluding steroid dienone is 8. The predicted molar refractivity (Wildman–Crippen MR) is 85.3 cm³/mol. The third-order valence-corrected chi connectivity index (χ3v) is 3.03. The van der Waals surface area contributed by atoms with E-state index in [2.05, 4.69) is 39.0 Å². The van der Waals surface area contributed by atoms with Gasteiger partial charge in [0, 0.05) is 0 Å². The summed E-state index contributed by atoms with van der Waals surface area (Å²) in [5.74, 6) is 0. The maximum absolute atomic E-state index is 3.45. The van der Waals surface area contributed by atoms with Gasteiger partial charge in [-0.2, -0.15) is 17.2 Å². The molecule has 0 saturated heterocycles. The number of rotatable bonds is 3. The first-order valence-electron chi connectivity index (χ1n) is 6.36. The molecule has 0 nitrogen and oxygen atoms in total. The van der Waals surface area contributed by atoms with Crippen molar-refractivity contribution in [3.8, 4) is 0 Å². The van der Waals surface area contributed by atoms with Crippen LogP contribution in [0.5, 0.6) is 0 Å². The van der Waals surface area contributed by atoms with Crippen LogP contribution in [-0.4, -0.2) is 0 Å². The molecule has 0 aromatic rings. The third kappa shape index (κ3) is 8.33. The molecular formula is C16H24Cl2Zr. The van der Waals surface area contributed by atoms with Gasteiger partial charge in [-0.1, -0.05) is 40.0 Å². The normalized spacial score (nSPS) is 14.8. The van der Waals surface area contributed by atoms with Gasteiger partial charge in [-0.05, 0) is 0 Å². The van der Waals surface area contributed by atoms with Gasteiger partial charge in [-0.3, -0.25) is 12.2 Å². The van der Waals surface area contributed by atoms with E-state index in [0.29, 0.717) is 0 Å². The molecule has 0 aromatic heterocycles. The Bertz CT molecular complexity index is 329. The molecule has 3 heteroatoms. The Hall–Kier alpha value is 0.423. The molecule has 0 N–H and O–H groups in total. The Morgan fingerprint density at radius 2 is 1.74 bits per heavy atom. The maximum atomic E-state index is 3.45. The van der Waals surface area contributed by atoms with Crippen LogP contribution in [0.4, 0.5) is 0 Å². The fourth-order valence-electron chi connectivity index (χ4n) is 2.12. The third-order valence-electron chi connectivity index (χ3n) is 3.03. The number of hydrogen-bond donors (Lipinski definition) is 0. The molecule has 2 aliphatic rings. The molecule has 0 unspecified atom stereocenters. The van der Waals surface area contributed by atoms with E-state index in [4.69, 9.17) is 0 Å². The zero-order valence-corrected chi connectivity index (χ0v) is 16.2. The molecule has 0 fully saturated rings. The SMILES string of the molecule is CCC1=[C-]CC(CC)=C1CC.Cl.Cl.[C-]1=CC=CC1.[Zr+2]. The van der Waals surface area contributed by atoms with Crippen molar-refractivity contribution in [3.05, 3.63) is 47.1 Å². The fraction of sp³-hybridized carbons (Fsp3) is 0.500. The fourth-order valence-corrected chi connectivity index (χ4v) is 2.12. The molecule has 2 rings (SSSR count). The van der Waals surface area contributed by atoms with Gasteiger partial charge >= 0.3 is 26.2 Å². The summed E-state index contributed by atoms with van der Waals surface area (Å²) >= 11 is 0. The molecule has 0 aliphatic heterocycles. The first-order valence-corrected chi connectivity index (χ1v) is 6.36. The van der Waals surface area contributed by atoms with Crippen molar-refractivity contribution in [2.24, 2.45) is 0 Å². The van der Waals surface area contributed by atoms with E-state index in [1.165, 1.54) is 18.4 Å². The van der Waals surface area contributed by atoms with Crippen LogP contribution in [0.3, 0.4) is 0 Å². The summed E-state index contributed by atoms with van der Waals surface area (Å²) in [4.78, 5) is 0. The van der Waals surface area contributed by atoms with Crippen LogP contribution in [0, 0.1) is 12.2 Å². The number of halogens is 2. The van der Waals surface area contributed by atoms with Gasteiger partial charge in [-0.15, -0.1) is 37.7 Å². The molecular weight excluding hydrogens is 354 g/mol. The van der Waals surface area contributed by atoms with E-state index in [1.54, 1.807) is 11.1 Å². The largest absolute Gasteiger partial charge is 2.00 e. The van der Waals surface area contributed by atoms with E-state index in [-0.39, 0.29) is 51.0 Å². The molecule has 0 bridgehead atoms. The molecule has 0 amide bonds. The van der Waals surface area contributed by atoms with Crippen molar-refractivity contribution in [2.45, 2.75) is 52.9 Å². The molecule has 0 spiro atoms. The molecule has 19 heavy (non-hydrogen) atoms. The molecule has 0 radical (unpaired) electrons. The maximum Gasteiger partial charge on any atom is 2.00 e. The summed E-state index contributed by atoms with van der Waals surface area (Å²) in [6.07, 6.45) is 18.1. The Morgan fingerprint density at radius 3 is 2.05 bits per heavy atom. The van der Waals surface area contributed by atoms with Gasteiger partial charge < -0.3 is 0 Å². The molecule has 0 atom stereocenters. The Kier molecular flexibility index (Phi) is 19.1. The standard InChI is InChI=1S/C11H17.C5H5.2ClH.Zr/c1-4-9-7-8-10(5-2)11(9)6-3;1-2-4-5-3-1;;;/h4-7H2,1-3H3;1-3H,4H2;2*1H;/q2*-1;;;+2. The van der Waals surface area contributed by atoms with Gasteiger partial charge in [0.2, 0.25) is 0 Å². The van der Waals surface area contributed by atoms with Crippen molar-refractivity contribution >= 4 is 24.8 Å². The van der Waals surface area contributed by atoms with E-state index < -0.39 is 0 Å². The van der Waals surface area contributed by atoms with Crippen LogP contribution in [0.1, 0.15) is 52.9 Å². The van der Waals surface area contributed by atoms with Crippen molar-refractivity contribution in [1.82, 2.24) is 0 Å². The van der Waals surface area contributed by atoms with Gasteiger partial charge in [0.05, 0.1) is 0 Å². The van der Waals surface area contributed by atoms with Crippen LogP contribution in [0.15, 0.2) is 34.9 Å². The predicted octanol–water partition coefficient (Wildman–Crippen LogP) is 5.79. The monoisotopic (exact) mass is 376 g/mol. The smallest absolute Gasteiger partial charge is 0.273 e. The average Bonchev–Trinajstić information content (AvgIpc) is 3.00. The van der Waals surface area contributed by atoms with Crippen molar-refractivity contribution < 1.29 is 26.2 Å². The van der Waals surface area contributed by atoms with Crippen molar-refractivity contribution in [1.29, 1.82) is 0 Å². The minimum Gasteiger partial charge on any atom is -0.273 e. The van der Waals surface area contributed by atoms with E-state index in [1.807, 2.05) is 12.2 Å². The molecule has 106 valence electrons. The summed E-state index contributed by atoms with van der Waals surface area (Å²) in [5.41, 5.74) is 4.68. The summed E-state index contributed by atoms with van der Waals surface area (Å²) in [6, 6.07) is 0. The Labute approximate surface area is 150 Å². The van der Waals surface area contributed by atoms with Gasteiger partial charge in [0.1, 0.15) is 0 Å². The first-order chi connectivity index (χ1) is 7.83. The van der Waals surface area contributed by atoms with Crippen LogP contribution in [0.25, 0.3) is 0 Å². The topological polar surface area (TPSA) is 0 Å². The minimum atomic E-state index is 0. The van der Waals surface area contributed by atoms with E-state index in [9.17, 15) is 0 Å². The van der Waals surface area contributed by atoms with Crippen LogP contribution in [0.2, 0.25) is 0 Å². The van der Waals surface area contributed by atoms with Crippen LogP contribution >= 0.6 is 24.8 Å². The van der Waals surface area contributed by atoms with Crippen LogP contribution < -0.4 is 0 Å². The second-order valence-corrected chi connectivity index (χ2v) is 3.98. The second-order valence-electron chi connectivity index (χ2n) is 3.98. The quantitative estimate of drug-likeness (QED) is 0.545. The average molecular weight is 378 g/mol. The summed E-state index contributed by atoms with van der Waals surface area (Å²) in [7, 11) is 0. The van der Waals surface area contributed by atoms with Crippen molar-refractivity contribution in [2.75, 3.05) is 0 Å². The van der Waals surface area contributed by atoms with E-state index >= 15 is 0 Å². The number of hydrogen-bond acceptors (Lipinski definition) is 0. The van der Waals surface area contributed by atoms with Gasteiger partial charge in [-0.25, -0.2) is 17.7 Å². The molecule has 0 aromatic carbocycles. The minimum absolute atomic E-state index is 0.